The minimum Gasteiger partial charge on any atom is -0.382 e. The number of methoxy groups -OCH3 is 2. The van der Waals surface area contributed by atoms with Crippen molar-refractivity contribution in [2.45, 2.75) is 30.8 Å². The molecule has 2 aromatic carbocycles. The van der Waals surface area contributed by atoms with Crippen LogP contribution >= 0.6 is 7.60 Å². The van der Waals surface area contributed by atoms with Crippen molar-refractivity contribution < 1.29 is 32.6 Å². The number of rotatable bonds is 15. The summed E-state index contributed by atoms with van der Waals surface area (Å²) in [5.41, 5.74) is 0.415. The lowest BCUT2D eigenvalue weighted by molar-refractivity contribution is 0.0343. The second-order valence-electron chi connectivity index (χ2n) is 8.27. The Kier molecular flexibility index (Phi) is 10.5. The Hall–Kier alpha value is -1.86. The number of carbonyl (C=O) groups is 1. The Labute approximate surface area is 202 Å². The summed E-state index contributed by atoms with van der Waals surface area (Å²) in [6.45, 7) is 1.43. The van der Waals surface area contributed by atoms with E-state index in [-0.39, 0.29) is 50.9 Å². The van der Waals surface area contributed by atoms with Gasteiger partial charge in [-0.1, -0.05) is 60.7 Å². The predicted molar refractivity (Wildman–Crippen MR) is 131 cm³/mol. The third-order valence-electron chi connectivity index (χ3n) is 6.14. The molecule has 2 aromatic rings. The van der Waals surface area contributed by atoms with E-state index in [1.807, 2.05) is 60.7 Å². The van der Waals surface area contributed by atoms with Crippen LogP contribution in [0.1, 0.15) is 35.2 Å². The molecule has 0 bridgehead atoms. The van der Waals surface area contributed by atoms with E-state index < -0.39 is 13.0 Å². The Morgan fingerprint density at radius 1 is 0.941 bits per heavy atom. The van der Waals surface area contributed by atoms with Gasteiger partial charge in [-0.15, -0.1) is 0 Å². The van der Waals surface area contributed by atoms with E-state index in [1.165, 1.54) is 0 Å². The molecule has 0 spiro atoms. The predicted octanol–water partition coefficient (Wildman–Crippen LogP) is 4.90. The fourth-order valence-corrected chi connectivity index (χ4v) is 6.09. The molecule has 0 aromatic heterocycles. The number of hydrogen-bond donors (Lipinski definition) is 0. The summed E-state index contributed by atoms with van der Waals surface area (Å²) in [7, 11) is -0.431. The first kappa shape index (κ1) is 26.7. The Bertz CT molecular complexity index is 901. The largest absolute Gasteiger partial charge is 0.382 e. The summed E-state index contributed by atoms with van der Waals surface area (Å²) in [6, 6.07) is 18.9. The second-order valence-corrected chi connectivity index (χ2v) is 10.5. The Morgan fingerprint density at radius 2 is 1.53 bits per heavy atom. The standard InChI is InChI=1S/C26H35O7P/c1-29-17-19-32-34(28,33-20-18-30-2)21-15-26(24-14-9-16-31-24,23-12-7-4-8-13-23)25(27)22-10-5-3-6-11-22/h3-8,10-13,24H,9,14-21H2,1-2H3. The Morgan fingerprint density at radius 3 is 2.06 bits per heavy atom. The molecule has 2 atom stereocenters. The van der Waals surface area contributed by atoms with Gasteiger partial charge >= 0.3 is 7.60 Å². The number of benzene rings is 2. The van der Waals surface area contributed by atoms with Gasteiger partial charge in [-0.3, -0.25) is 9.36 Å². The lowest BCUT2D eigenvalue weighted by Crippen LogP contribution is -2.47. The quantitative estimate of drug-likeness (QED) is 0.200. The molecule has 2 unspecified atom stereocenters. The summed E-state index contributed by atoms with van der Waals surface area (Å²) in [6.07, 6.45) is 1.59. The maximum absolute atomic E-state index is 14.2. The first-order valence-corrected chi connectivity index (χ1v) is 13.4. The summed E-state index contributed by atoms with van der Waals surface area (Å²) in [5, 5.41) is 0. The van der Waals surface area contributed by atoms with Gasteiger partial charge in [-0.05, 0) is 24.8 Å². The van der Waals surface area contributed by atoms with Crippen LogP contribution in [-0.4, -0.2) is 65.3 Å². The molecule has 1 aliphatic heterocycles. The molecule has 0 amide bonds. The average Bonchev–Trinajstić information content (AvgIpc) is 3.41. The van der Waals surface area contributed by atoms with E-state index in [0.717, 1.165) is 18.4 Å². The maximum atomic E-state index is 14.2. The zero-order valence-corrected chi connectivity index (χ0v) is 20.9. The average molecular weight is 491 g/mol. The lowest BCUT2D eigenvalue weighted by Gasteiger charge is -2.38. The van der Waals surface area contributed by atoms with E-state index in [2.05, 4.69) is 0 Å². The third kappa shape index (κ3) is 6.63. The first-order chi connectivity index (χ1) is 16.6. The molecular weight excluding hydrogens is 455 g/mol. The van der Waals surface area contributed by atoms with Gasteiger partial charge < -0.3 is 23.3 Å². The summed E-state index contributed by atoms with van der Waals surface area (Å²) < 4.78 is 41.4. The van der Waals surface area contributed by atoms with Crippen molar-refractivity contribution in [3.05, 3.63) is 71.8 Å². The van der Waals surface area contributed by atoms with E-state index in [0.29, 0.717) is 12.2 Å². The van der Waals surface area contributed by atoms with Crippen molar-refractivity contribution in [2.24, 2.45) is 0 Å². The number of ketones is 1. The van der Waals surface area contributed by atoms with Crippen LogP contribution in [0.4, 0.5) is 0 Å². The highest BCUT2D eigenvalue weighted by Crippen LogP contribution is 2.52. The van der Waals surface area contributed by atoms with E-state index in [9.17, 15) is 9.36 Å². The maximum Gasteiger partial charge on any atom is 0.330 e. The highest BCUT2D eigenvalue weighted by molar-refractivity contribution is 7.53. The van der Waals surface area contributed by atoms with Crippen molar-refractivity contribution in [3.63, 3.8) is 0 Å². The fourth-order valence-electron chi connectivity index (χ4n) is 4.43. The zero-order chi connectivity index (χ0) is 24.3. The SMILES string of the molecule is COCCOP(=O)(CCC(C(=O)c1ccccc1)(c1ccccc1)C1CCCO1)OCCOC. The van der Waals surface area contributed by atoms with Gasteiger partial charge in [0.1, 0.15) is 0 Å². The molecule has 1 heterocycles. The van der Waals surface area contributed by atoms with E-state index in [1.54, 1.807) is 14.2 Å². The minimum absolute atomic E-state index is 0.0495. The minimum atomic E-state index is -3.53. The van der Waals surface area contributed by atoms with E-state index in [4.69, 9.17) is 23.3 Å². The molecule has 0 aliphatic carbocycles. The summed E-state index contributed by atoms with van der Waals surface area (Å²) in [4.78, 5) is 14.2. The van der Waals surface area contributed by atoms with Gasteiger partial charge in [0, 0.05) is 26.4 Å². The van der Waals surface area contributed by atoms with Crippen LogP contribution in [0.5, 0.6) is 0 Å². The molecule has 186 valence electrons. The van der Waals surface area contributed by atoms with Crippen LogP contribution in [0.3, 0.4) is 0 Å². The van der Waals surface area contributed by atoms with Gasteiger partial charge in [0.15, 0.2) is 5.78 Å². The van der Waals surface area contributed by atoms with Gasteiger partial charge in [0.25, 0.3) is 0 Å². The lowest BCUT2D eigenvalue weighted by atomic mass is 9.67. The first-order valence-electron chi connectivity index (χ1n) is 11.7. The summed E-state index contributed by atoms with van der Waals surface area (Å²) >= 11 is 0. The van der Waals surface area contributed by atoms with Crippen molar-refractivity contribution in [3.8, 4) is 0 Å². The smallest absolute Gasteiger partial charge is 0.330 e. The third-order valence-corrected chi connectivity index (χ3v) is 8.06. The molecule has 0 saturated carbocycles. The molecule has 3 rings (SSSR count). The second kappa shape index (κ2) is 13.3. The van der Waals surface area contributed by atoms with Crippen molar-refractivity contribution in [1.82, 2.24) is 0 Å². The zero-order valence-electron chi connectivity index (χ0n) is 20.0. The van der Waals surface area contributed by atoms with Crippen LogP contribution in [0.15, 0.2) is 60.7 Å². The number of hydrogen-bond acceptors (Lipinski definition) is 7. The molecule has 1 saturated heterocycles. The number of Topliss-reactive ketones (excluding diaryl/α,β-unsaturated/α-hetero) is 1. The van der Waals surface area contributed by atoms with Gasteiger partial charge in [0.05, 0.1) is 44.1 Å². The monoisotopic (exact) mass is 490 g/mol. The highest BCUT2D eigenvalue weighted by Gasteiger charge is 2.50. The van der Waals surface area contributed by atoms with Crippen molar-refractivity contribution in [1.29, 1.82) is 0 Å². The molecular formula is C26H35O7P. The molecule has 0 N–H and O–H groups in total. The molecule has 0 radical (unpaired) electrons. The molecule has 34 heavy (non-hydrogen) atoms. The van der Waals surface area contributed by atoms with Crippen molar-refractivity contribution >= 4 is 13.4 Å². The van der Waals surface area contributed by atoms with Gasteiger partial charge in [-0.2, -0.15) is 0 Å². The van der Waals surface area contributed by atoms with Crippen molar-refractivity contribution in [2.75, 3.05) is 53.4 Å². The van der Waals surface area contributed by atoms with Gasteiger partial charge in [-0.25, -0.2) is 0 Å². The number of carbonyl (C=O) groups excluding carboxylic acids is 1. The van der Waals surface area contributed by atoms with E-state index >= 15 is 0 Å². The highest BCUT2D eigenvalue weighted by atomic mass is 31.2. The van der Waals surface area contributed by atoms with Crippen LogP contribution in [0.25, 0.3) is 0 Å². The van der Waals surface area contributed by atoms with Crippen LogP contribution in [0, 0.1) is 0 Å². The molecule has 7 nitrogen and oxygen atoms in total. The van der Waals surface area contributed by atoms with Crippen LogP contribution < -0.4 is 0 Å². The Balaban J connectivity index is 1.99. The normalized spacial score (nSPS) is 18.0. The van der Waals surface area contributed by atoms with Crippen LogP contribution in [0.2, 0.25) is 0 Å². The van der Waals surface area contributed by atoms with Crippen LogP contribution in [-0.2, 0) is 33.2 Å². The topological polar surface area (TPSA) is 80.3 Å². The molecule has 8 heteroatoms. The fraction of sp³-hybridized carbons (Fsp3) is 0.500. The molecule has 1 fully saturated rings. The molecule has 1 aliphatic rings. The number of ether oxygens (including phenoxy) is 3. The summed E-state index contributed by atoms with van der Waals surface area (Å²) in [5.74, 6) is -0.0495. The van der Waals surface area contributed by atoms with Gasteiger partial charge in [0.2, 0.25) is 0 Å².